The molecule has 0 aliphatic heterocycles. The standard InChI is InChI=1S/C11H10N4S/c1-7-11(16-8(2)13-7)9-6-15-4-3-12-5-10(15)14-9/h3-6H,1-2H3. The minimum absolute atomic E-state index is 0.864. The maximum Gasteiger partial charge on any atom is 0.156 e. The van der Waals surface area contributed by atoms with Gasteiger partial charge in [0, 0.05) is 18.6 Å². The summed E-state index contributed by atoms with van der Waals surface area (Å²) in [5.74, 6) is 0. The van der Waals surface area contributed by atoms with Crippen LogP contribution in [0.2, 0.25) is 0 Å². The van der Waals surface area contributed by atoms with Crippen molar-refractivity contribution in [3.05, 3.63) is 35.5 Å². The van der Waals surface area contributed by atoms with Crippen molar-refractivity contribution < 1.29 is 0 Å². The fourth-order valence-electron chi connectivity index (χ4n) is 1.72. The van der Waals surface area contributed by atoms with Gasteiger partial charge in [0.25, 0.3) is 0 Å². The summed E-state index contributed by atoms with van der Waals surface area (Å²) in [6, 6.07) is 0. The Labute approximate surface area is 96.6 Å². The van der Waals surface area contributed by atoms with E-state index in [0.29, 0.717) is 0 Å². The van der Waals surface area contributed by atoms with Crippen molar-refractivity contribution in [2.45, 2.75) is 13.8 Å². The smallest absolute Gasteiger partial charge is 0.156 e. The van der Waals surface area contributed by atoms with Crippen molar-refractivity contribution in [2.75, 3.05) is 0 Å². The third-order valence-corrected chi connectivity index (χ3v) is 3.50. The van der Waals surface area contributed by atoms with Crippen molar-refractivity contribution >= 4 is 17.0 Å². The summed E-state index contributed by atoms with van der Waals surface area (Å²) in [5, 5.41) is 1.07. The Bertz CT molecular complexity index is 620. The van der Waals surface area contributed by atoms with Crippen molar-refractivity contribution in [1.82, 2.24) is 19.4 Å². The number of hydrogen-bond donors (Lipinski definition) is 0. The lowest BCUT2D eigenvalue weighted by molar-refractivity contribution is 1.13. The van der Waals surface area contributed by atoms with Crippen LogP contribution in [0.15, 0.2) is 24.8 Å². The van der Waals surface area contributed by atoms with Gasteiger partial charge < -0.3 is 4.40 Å². The molecule has 3 aromatic heterocycles. The summed E-state index contributed by atoms with van der Waals surface area (Å²) in [4.78, 5) is 14.1. The van der Waals surface area contributed by atoms with Crippen molar-refractivity contribution in [3.8, 4) is 10.6 Å². The predicted octanol–water partition coefficient (Wildman–Crippen LogP) is 2.47. The number of nitrogens with zero attached hydrogens (tertiary/aromatic N) is 4. The number of aromatic nitrogens is 4. The van der Waals surface area contributed by atoms with Gasteiger partial charge in [0.15, 0.2) is 5.65 Å². The molecule has 0 saturated heterocycles. The van der Waals surface area contributed by atoms with Crippen molar-refractivity contribution in [3.63, 3.8) is 0 Å². The van der Waals surface area contributed by atoms with Crippen molar-refractivity contribution in [1.29, 1.82) is 0 Å². The molecule has 3 aromatic rings. The molecule has 0 atom stereocenters. The zero-order valence-electron chi connectivity index (χ0n) is 9.01. The molecule has 0 bridgehead atoms. The van der Waals surface area contributed by atoms with E-state index >= 15 is 0 Å². The Balaban J connectivity index is 2.22. The SMILES string of the molecule is Cc1nc(C)c(-c2cn3ccncc3n2)s1. The first-order chi connectivity index (χ1) is 7.74. The highest BCUT2D eigenvalue weighted by Crippen LogP contribution is 2.28. The van der Waals surface area contributed by atoms with Gasteiger partial charge >= 0.3 is 0 Å². The summed E-state index contributed by atoms with van der Waals surface area (Å²) in [7, 11) is 0. The molecule has 16 heavy (non-hydrogen) atoms. The van der Waals surface area contributed by atoms with Gasteiger partial charge in [-0.15, -0.1) is 11.3 Å². The molecule has 0 N–H and O–H groups in total. The van der Waals surface area contributed by atoms with E-state index in [-0.39, 0.29) is 0 Å². The van der Waals surface area contributed by atoms with E-state index in [1.165, 1.54) is 0 Å². The minimum atomic E-state index is 0.864. The maximum atomic E-state index is 4.53. The Hall–Kier alpha value is -1.75. The molecule has 4 nitrogen and oxygen atoms in total. The Morgan fingerprint density at radius 3 is 2.81 bits per heavy atom. The minimum Gasteiger partial charge on any atom is -0.304 e. The molecule has 3 heterocycles. The summed E-state index contributed by atoms with van der Waals surface area (Å²) in [6.45, 7) is 4.03. The third kappa shape index (κ3) is 1.40. The molecule has 0 amide bonds. The normalized spacial score (nSPS) is 11.1. The van der Waals surface area contributed by atoms with Gasteiger partial charge in [-0.1, -0.05) is 0 Å². The first-order valence-corrected chi connectivity index (χ1v) is 5.79. The number of fused-ring (bicyclic) bond motifs is 1. The molecular formula is C11H10N4S. The fourth-order valence-corrected chi connectivity index (χ4v) is 2.60. The van der Waals surface area contributed by atoms with Crippen molar-refractivity contribution in [2.24, 2.45) is 0 Å². The molecule has 0 aromatic carbocycles. The summed E-state index contributed by atoms with van der Waals surface area (Å²) >= 11 is 1.68. The molecule has 0 unspecified atom stereocenters. The van der Waals surface area contributed by atoms with E-state index in [1.54, 1.807) is 23.7 Å². The van der Waals surface area contributed by atoms with Crippen LogP contribution >= 0.6 is 11.3 Å². The number of rotatable bonds is 1. The highest BCUT2D eigenvalue weighted by molar-refractivity contribution is 7.15. The van der Waals surface area contributed by atoms with Gasteiger partial charge in [0.1, 0.15) is 5.69 Å². The van der Waals surface area contributed by atoms with E-state index < -0.39 is 0 Å². The van der Waals surface area contributed by atoms with E-state index in [2.05, 4.69) is 15.0 Å². The number of aryl methyl sites for hydroxylation is 2. The third-order valence-electron chi connectivity index (χ3n) is 2.40. The topological polar surface area (TPSA) is 43.1 Å². The zero-order chi connectivity index (χ0) is 11.1. The molecular weight excluding hydrogens is 220 g/mol. The number of imidazole rings is 1. The molecule has 0 aliphatic carbocycles. The van der Waals surface area contributed by atoms with Crippen LogP contribution in [0, 0.1) is 13.8 Å². The Morgan fingerprint density at radius 1 is 1.25 bits per heavy atom. The van der Waals surface area contributed by atoms with Crippen LogP contribution in [0.25, 0.3) is 16.2 Å². The number of hydrogen-bond acceptors (Lipinski definition) is 4. The van der Waals surface area contributed by atoms with E-state index in [4.69, 9.17) is 0 Å². The average Bonchev–Trinajstić information content (AvgIpc) is 2.81. The van der Waals surface area contributed by atoms with Gasteiger partial charge in [-0.3, -0.25) is 4.98 Å². The molecule has 80 valence electrons. The second-order valence-electron chi connectivity index (χ2n) is 3.62. The van der Waals surface area contributed by atoms with Gasteiger partial charge in [-0.25, -0.2) is 9.97 Å². The molecule has 5 heteroatoms. The van der Waals surface area contributed by atoms with Crippen LogP contribution in [0.4, 0.5) is 0 Å². The average molecular weight is 230 g/mol. The highest BCUT2D eigenvalue weighted by atomic mass is 32.1. The highest BCUT2D eigenvalue weighted by Gasteiger charge is 2.10. The van der Waals surface area contributed by atoms with Crippen LogP contribution in [-0.2, 0) is 0 Å². The zero-order valence-corrected chi connectivity index (χ0v) is 9.82. The fraction of sp³-hybridized carbons (Fsp3) is 0.182. The van der Waals surface area contributed by atoms with Gasteiger partial charge in [0.05, 0.1) is 21.8 Å². The predicted molar refractivity (Wildman–Crippen MR) is 63.6 cm³/mol. The lowest BCUT2D eigenvalue weighted by Crippen LogP contribution is -1.81. The summed E-state index contributed by atoms with van der Waals surface area (Å²) < 4.78 is 1.97. The molecule has 0 radical (unpaired) electrons. The van der Waals surface area contributed by atoms with Crippen LogP contribution < -0.4 is 0 Å². The molecule has 0 aliphatic rings. The van der Waals surface area contributed by atoms with Crippen LogP contribution in [0.5, 0.6) is 0 Å². The van der Waals surface area contributed by atoms with E-state index in [0.717, 1.165) is 26.9 Å². The van der Waals surface area contributed by atoms with Gasteiger partial charge in [-0.05, 0) is 13.8 Å². The number of thiazole rings is 1. The second kappa shape index (κ2) is 3.38. The van der Waals surface area contributed by atoms with Crippen LogP contribution in [0.3, 0.4) is 0 Å². The largest absolute Gasteiger partial charge is 0.304 e. The quantitative estimate of drug-likeness (QED) is 0.645. The maximum absolute atomic E-state index is 4.53. The van der Waals surface area contributed by atoms with E-state index in [1.807, 2.05) is 30.6 Å². The Kier molecular flexibility index (Phi) is 2.00. The lowest BCUT2D eigenvalue weighted by Gasteiger charge is -1.89. The van der Waals surface area contributed by atoms with E-state index in [9.17, 15) is 0 Å². The summed E-state index contributed by atoms with van der Waals surface area (Å²) in [6.07, 6.45) is 7.42. The molecule has 0 fully saturated rings. The first kappa shape index (κ1) is 9.47. The molecule has 0 spiro atoms. The van der Waals surface area contributed by atoms with Crippen LogP contribution in [-0.4, -0.2) is 19.4 Å². The molecule has 3 rings (SSSR count). The second-order valence-corrected chi connectivity index (χ2v) is 4.82. The monoisotopic (exact) mass is 230 g/mol. The molecule has 0 saturated carbocycles. The first-order valence-electron chi connectivity index (χ1n) is 4.97. The van der Waals surface area contributed by atoms with Crippen LogP contribution in [0.1, 0.15) is 10.7 Å². The van der Waals surface area contributed by atoms with Gasteiger partial charge in [-0.2, -0.15) is 0 Å². The van der Waals surface area contributed by atoms with Gasteiger partial charge in [0.2, 0.25) is 0 Å². The summed E-state index contributed by atoms with van der Waals surface area (Å²) in [5.41, 5.74) is 2.87. The lowest BCUT2D eigenvalue weighted by atomic mass is 10.3. The Morgan fingerprint density at radius 2 is 2.12 bits per heavy atom.